The zero-order valence-electron chi connectivity index (χ0n) is 24.9. The molecule has 0 fully saturated rings. The molecule has 3 heterocycles. The fourth-order valence-electron chi connectivity index (χ4n) is 6.85. The van der Waals surface area contributed by atoms with E-state index in [0.717, 1.165) is 55.5 Å². The van der Waals surface area contributed by atoms with Gasteiger partial charge < -0.3 is 0 Å². The van der Waals surface area contributed by atoms with Crippen LogP contribution in [-0.4, -0.2) is 15.0 Å². The zero-order valence-corrected chi connectivity index (χ0v) is 24.9. The molecule has 0 amide bonds. The molecule has 3 aromatic heterocycles. The maximum Gasteiger partial charge on any atom is 0.0800 e. The van der Waals surface area contributed by atoms with Crippen molar-refractivity contribution in [2.75, 3.05) is 0 Å². The van der Waals surface area contributed by atoms with Crippen LogP contribution in [0.15, 0.2) is 164 Å². The van der Waals surface area contributed by atoms with Crippen LogP contribution in [0.5, 0.6) is 0 Å². The largest absolute Gasteiger partial charge is 0.265 e. The molecule has 0 bridgehead atoms. The summed E-state index contributed by atoms with van der Waals surface area (Å²) in [4.78, 5) is 13.9. The first-order valence-corrected chi connectivity index (χ1v) is 15.5. The van der Waals surface area contributed by atoms with Crippen molar-refractivity contribution in [2.45, 2.75) is 0 Å². The number of rotatable bonds is 4. The van der Waals surface area contributed by atoms with E-state index in [1.54, 1.807) is 0 Å². The van der Waals surface area contributed by atoms with Crippen molar-refractivity contribution in [3.63, 3.8) is 0 Å². The van der Waals surface area contributed by atoms with E-state index in [4.69, 9.17) is 4.98 Å². The highest BCUT2D eigenvalue weighted by atomic mass is 14.7. The molecule has 0 atom stereocenters. The van der Waals surface area contributed by atoms with E-state index in [1.807, 2.05) is 24.8 Å². The number of benzene rings is 6. The molecule has 0 saturated carbocycles. The maximum absolute atomic E-state index is 5.45. The quantitative estimate of drug-likeness (QED) is 0.193. The molecule has 6 aromatic carbocycles. The Kier molecular flexibility index (Phi) is 6.14. The Bertz CT molecular complexity index is 2500. The number of pyridine rings is 3. The molecule has 0 N–H and O–H groups in total. The second-order valence-corrected chi connectivity index (χ2v) is 11.7. The normalized spacial score (nSPS) is 11.5. The smallest absolute Gasteiger partial charge is 0.0800 e. The van der Waals surface area contributed by atoms with Gasteiger partial charge in [-0.2, -0.15) is 0 Å². The molecule has 9 rings (SSSR count). The van der Waals surface area contributed by atoms with Gasteiger partial charge in [-0.25, -0.2) is 4.98 Å². The lowest BCUT2D eigenvalue weighted by atomic mass is 9.91. The van der Waals surface area contributed by atoms with Crippen molar-refractivity contribution >= 4 is 43.2 Å². The lowest BCUT2D eigenvalue weighted by Gasteiger charge is -2.15. The first-order valence-electron chi connectivity index (χ1n) is 15.5. The summed E-state index contributed by atoms with van der Waals surface area (Å²) in [5, 5.41) is 8.49. The minimum absolute atomic E-state index is 0.998. The summed E-state index contributed by atoms with van der Waals surface area (Å²) in [6, 6.07) is 49.9. The van der Waals surface area contributed by atoms with E-state index in [0.29, 0.717) is 0 Å². The van der Waals surface area contributed by atoms with Crippen LogP contribution < -0.4 is 0 Å². The molecule has 0 saturated heterocycles. The summed E-state index contributed by atoms with van der Waals surface area (Å²) in [7, 11) is 0. The van der Waals surface area contributed by atoms with Crippen LogP contribution in [0.2, 0.25) is 0 Å². The number of nitrogens with zero attached hydrogens (tertiary/aromatic N) is 3. The molecule has 9 aromatic rings. The standard InChI is InChI=1S/C43H27N3/c1-3-9-37-35(7-1)36-8-2-5-11-39(36)43-41(37)38-10-4-6-12-40(38)42(46-43)31-15-13-28(14-16-31)32-25-33(29-17-21-44-22-18-29)27-34(26-32)30-19-23-45-24-20-30/h1-27H. The Morgan fingerprint density at radius 3 is 1.24 bits per heavy atom. The number of fused-ring (bicyclic) bond motifs is 8. The topological polar surface area (TPSA) is 38.7 Å². The van der Waals surface area contributed by atoms with Gasteiger partial charge in [-0.3, -0.25) is 9.97 Å². The van der Waals surface area contributed by atoms with E-state index >= 15 is 0 Å². The molecular weight excluding hydrogens is 558 g/mol. The number of hydrogen-bond donors (Lipinski definition) is 0. The number of aromatic nitrogens is 3. The lowest BCUT2D eigenvalue weighted by molar-refractivity contribution is 1.33. The molecule has 0 aliphatic carbocycles. The first-order chi connectivity index (χ1) is 22.8. The first kappa shape index (κ1) is 26.2. The summed E-state index contributed by atoms with van der Waals surface area (Å²) in [5.41, 5.74) is 10.0. The summed E-state index contributed by atoms with van der Waals surface area (Å²) >= 11 is 0. The van der Waals surface area contributed by atoms with Gasteiger partial charge in [0.1, 0.15) is 0 Å². The monoisotopic (exact) mass is 585 g/mol. The maximum atomic E-state index is 5.45. The van der Waals surface area contributed by atoms with Crippen molar-refractivity contribution in [1.82, 2.24) is 15.0 Å². The Morgan fingerprint density at radius 2 is 0.696 bits per heavy atom. The van der Waals surface area contributed by atoms with Gasteiger partial charge in [-0.15, -0.1) is 0 Å². The highest BCUT2D eigenvalue weighted by Crippen LogP contribution is 2.41. The van der Waals surface area contributed by atoms with Crippen molar-refractivity contribution < 1.29 is 0 Å². The van der Waals surface area contributed by atoms with Gasteiger partial charge in [0.05, 0.1) is 11.2 Å². The van der Waals surface area contributed by atoms with Crippen LogP contribution in [0, 0.1) is 0 Å². The van der Waals surface area contributed by atoms with Gasteiger partial charge in [0.15, 0.2) is 0 Å². The highest BCUT2D eigenvalue weighted by molar-refractivity contribution is 6.31. The van der Waals surface area contributed by atoms with E-state index in [1.165, 1.54) is 32.3 Å². The molecular formula is C43H27N3. The van der Waals surface area contributed by atoms with Crippen molar-refractivity contribution in [3.8, 4) is 44.6 Å². The van der Waals surface area contributed by atoms with Gasteiger partial charge in [-0.05, 0) is 97.4 Å². The summed E-state index contributed by atoms with van der Waals surface area (Å²) in [5.74, 6) is 0. The minimum atomic E-state index is 0.998. The molecule has 0 aliphatic heterocycles. The van der Waals surface area contributed by atoms with Gasteiger partial charge in [0.25, 0.3) is 0 Å². The Morgan fingerprint density at radius 1 is 0.304 bits per heavy atom. The second kappa shape index (κ2) is 10.8. The molecule has 0 unspecified atom stereocenters. The Hall–Kier alpha value is -6.19. The SMILES string of the molecule is c1ccc2c(c1)c(-c1ccc(-c3cc(-c4ccncc4)cc(-c4ccncc4)c3)cc1)nc1c3ccccc3c3ccccc3c21. The fraction of sp³-hybridized carbons (Fsp3) is 0. The fourth-order valence-corrected chi connectivity index (χ4v) is 6.85. The lowest BCUT2D eigenvalue weighted by Crippen LogP contribution is -1.93. The third kappa shape index (κ3) is 4.33. The van der Waals surface area contributed by atoms with Crippen molar-refractivity contribution in [2.24, 2.45) is 0 Å². The van der Waals surface area contributed by atoms with Crippen LogP contribution in [0.25, 0.3) is 87.9 Å². The number of hydrogen-bond acceptors (Lipinski definition) is 3. The molecule has 0 radical (unpaired) electrons. The van der Waals surface area contributed by atoms with E-state index < -0.39 is 0 Å². The van der Waals surface area contributed by atoms with Gasteiger partial charge in [-0.1, -0.05) is 97.1 Å². The summed E-state index contributed by atoms with van der Waals surface area (Å²) < 4.78 is 0. The van der Waals surface area contributed by atoms with Gasteiger partial charge >= 0.3 is 0 Å². The van der Waals surface area contributed by atoms with Crippen LogP contribution in [-0.2, 0) is 0 Å². The third-order valence-corrected chi connectivity index (χ3v) is 9.03. The van der Waals surface area contributed by atoms with Crippen LogP contribution >= 0.6 is 0 Å². The Labute approximate surface area is 266 Å². The molecule has 0 aliphatic rings. The van der Waals surface area contributed by atoms with Crippen LogP contribution in [0.1, 0.15) is 0 Å². The predicted molar refractivity (Wildman–Crippen MR) is 192 cm³/mol. The average Bonchev–Trinajstić information content (AvgIpc) is 3.15. The summed E-state index contributed by atoms with van der Waals surface area (Å²) in [6.45, 7) is 0. The molecule has 3 nitrogen and oxygen atoms in total. The molecule has 3 heteroatoms. The van der Waals surface area contributed by atoms with E-state index in [9.17, 15) is 0 Å². The van der Waals surface area contributed by atoms with Gasteiger partial charge in [0.2, 0.25) is 0 Å². The predicted octanol–water partition coefficient (Wildman–Crippen LogP) is 11.2. The second-order valence-electron chi connectivity index (χ2n) is 11.7. The van der Waals surface area contributed by atoms with Crippen LogP contribution in [0.4, 0.5) is 0 Å². The molecule has 0 spiro atoms. The van der Waals surface area contributed by atoms with Crippen molar-refractivity contribution in [3.05, 3.63) is 164 Å². The average molecular weight is 586 g/mol. The third-order valence-electron chi connectivity index (χ3n) is 9.03. The summed E-state index contributed by atoms with van der Waals surface area (Å²) in [6.07, 6.45) is 7.37. The molecule has 214 valence electrons. The zero-order chi connectivity index (χ0) is 30.5. The van der Waals surface area contributed by atoms with E-state index in [-0.39, 0.29) is 0 Å². The van der Waals surface area contributed by atoms with Crippen LogP contribution in [0.3, 0.4) is 0 Å². The minimum Gasteiger partial charge on any atom is -0.265 e. The van der Waals surface area contributed by atoms with Crippen molar-refractivity contribution in [1.29, 1.82) is 0 Å². The van der Waals surface area contributed by atoms with Gasteiger partial charge in [0, 0.05) is 46.5 Å². The molecule has 46 heavy (non-hydrogen) atoms. The van der Waals surface area contributed by atoms with E-state index in [2.05, 4.69) is 149 Å². The highest BCUT2D eigenvalue weighted by Gasteiger charge is 2.16. The Balaban J connectivity index is 1.23.